The molecule has 1 heterocycles. The van der Waals surface area contributed by atoms with Crippen molar-refractivity contribution in [1.82, 2.24) is 19.9 Å². The molecule has 0 amide bonds. The lowest BCUT2D eigenvalue weighted by Gasteiger charge is -2.17. The zero-order valence-electron chi connectivity index (χ0n) is 10.5. The van der Waals surface area contributed by atoms with Gasteiger partial charge in [0.25, 0.3) is 0 Å². The van der Waals surface area contributed by atoms with Crippen LogP contribution in [0.15, 0.2) is 6.20 Å². The number of aromatic nitrogens is 3. The van der Waals surface area contributed by atoms with E-state index < -0.39 is 5.97 Å². The summed E-state index contributed by atoms with van der Waals surface area (Å²) in [4.78, 5) is 12.7. The predicted octanol–water partition coefficient (Wildman–Crippen LogP) is 0.637. The molecule has 0 atom stereocenters. The molecule has 6 heteroatoms. The lowest BCUT2D eigenvalue weighted by Crippen LogP contribution is -2.27. The van der Waals surface area contributed by atoms with Crippen LogP contribution < -0.4 is 0 Å². The summed E-state index contributed by atoms with van der Waals surface area (Å²) in [5, 5.41) is 16.5. The van der Waals surface area contributed by atoms with E-state index in [4.69, 9.17) is 5.11 Å². The number of carboxylic acids is 1. The largest absolute Gasteiger partial charge is 0.481 e. The Bertz CT molecular complexity index is 347. The second kappa shape index (κ2) is 7.01. The number of aryl methyl sites for hydroxylation is 1. The van der Waals surface area contributed by atoms with Crippen molar-refractivity contribution in [3.63, 3.8) is 0 Å². The van der Waals surface area contributed by atoms with Crippen molar-refractivity contribution in [3.05, 3.63) is 11.9 Å². The fourth-order valence-corrected chi connectivity index (χ4v) is 1.58. The van der Waals surface area contributed by atoms with E-state index in [1.165, 1.54) is 0 Å². The summed E-state index contributed by atoms with van der Waals surface area (Å²) in [7, 11) is 0. The van der Waals surface area contributed by atoms with Crippen molar-refractivity contribution in [2.45, 2.75) is 33.2 Å². The number of carboxylic acid groups (broad SMARTS) is 1. The molecular weight excluding hydrogens is 220 g/mol. The van der Waals surface area contributed by atoms with E-state index in [0.29, 0.717) is 6.42 Å². The molecule has 0 radical (unpaired) electrons. The number of hydrogen-bond acceptors (Lipinski definition) is 4. The Labute approximate surface area is 101 Å². The zero-order chi connectivity index (χ0) is 12.7. The topological polar surface area (TPSA) is 71.2 Å². The third kappa shape index (κ3) is 4.95. The van der Waals surface area contributed by atoms with E-state index in [1.807, 2.05) is 6.20 Å². The normalized spacial score (nSPS) is 11.0. The molecule has 0 aromatic carbocycles. The van der Waals surface area contributed by atoms with Gasteiger partial charge >= 0.3 is 5.97 Å². The Balaban J connectivity index is 2.37. The number of carbonyl (C=O) groups is 1. The molecule has 6 nitrogen and oxygen atoms in total. The quantitative estimate of drug-likeness (QED) is 0.722. The maximum atomic E-state index is 10.4. The van der Waals surface area contributed by atoms with Crippen molar-refractivity contribution in [2.24, 2.45) is 0 Å². The molecule has 0 saturated carbocycles. The van der Waals surface area contributed by atoms with E-state index in [2.05, 4.69) is 29.1 Å². The summed E-state index contributed by atoms with van der Waals surface area (Å²) in [6, 6.07) is 0. The molecule has 0 aliphatic carbocycles. The first kappa shape index (κ1) is 13.6. The minimum atomic E-state index is -0.803. The second-order valence-corrected chi connectivity index (χ2v) is 3.89. The number of aliphatic carboxylic acids is 1. The van der Waals surface area contributed by atoms with E-state index in [-0.39, 0.29) is 6.42 Å². The average molecular weight is 240 g/mol. The smallest absolute Gasteiger partial charge is 0.303 e. The summed E-state index contributed by atoms with van der Waals surface area (Å²) in [5.74, 6) is -0.803. The van der Waals surface area contributed by atoms with Gasteiger partial charge in [0.2, 0.25) is 0 Å². The van der Waals surface area contributed by atoms with Gasteiger partial charge in [0.05, 0.1) is 18.7 Å². The Morgan fingerprint density at radius 3 is 2.76 bits per heavy atom. The molecule has 96 valence electrons. The lowest BCUT2D eigenvalue weighted by atomic mass is 10.2. The first-order valence-electron chi connectivity index (χ1n) is 5.98. The molecular formula is C11H20N4O2. The molecule has 0 spiro atoms. The van der Waals surface area contributed by atoms with Gasteiger partial charge in [-0.2, -0.15) is 0 Å². The number of hydrogen-bond donors (Lipinski definition) is 1. The Hall–Kier alpha value is -1.43. The predicted molar refractivity (Wildman–Crippen MR) is 63.8 cm³/mol. The van der Waals surface area contributed by atoms with Crippen LogP contribution in [0.4, 0.5) is 0 Å². The van der Waals surface area contributed by atoms with Gasteiger partial charge in [-0.3, -0.25) is 9.48 Å². The summed E-state index contributed by atoms with van der Waals surface area (Å²) in [5.41, 5.74) is 0.743. The maximum absolute atomic E-state index is 10.4. The highest BCUT2D eigenvalue weighted by Crippen LogP contribution is 1.98. The van der Waals surface area contributed by atoms with Crippen molar-refractivity contribution in [3.8, 4) is 0 Å². The molecule has 0 fully saturated rings. The van der Waals surface area contributed by atoms with Crippen molar-refractivity contribution >= 4 is 5.97 Å². The van der Waals surface area contributed by atoms with Crippen molar-refractivity contribution < 1.29 is 9.90 Å². The molecule has 0 aliphatic heterocycles. The SMILES string of the molecule is CCN(CC)CCn1cc(CCC(=O)O)nn1. The van der Waals surface area contributed by atoms with Crippen molar-refractivity contribution in [1.29, 1.82) is 0 Å². The van der Waals surface area contributed by atoms with Gasteiger partial charge in [-0.05, 0) is 13.1 Å². The van der Waals surface area contributed by atoms with Crippen LogP contribution >= 0.6 is 0 Å². The fourth-order valence-electron chi connectivity index (χ4n) is 1.58. The van der Waals surface area contributed by atoms with Gasteiger partial charge in [0, 0.05) is 19.2 Å². The molecule has 0 aliphatic rings. The number of nitrogens with zero attached hydrogens (tertiary/aromatic N) is 4. The second-order valence-electron chi connectivity index (χ2n) is 3.89. The molecule has 0 unspecified atom stereocenters. The highest BCUT2D eigenvalue weighted by Gasteiger charge is 2.05. The van der Waals surface area contributed by atoms with Gasteiger partial charge in [0.15, 0.2) is 0 Å². The number of rotatable bonds is 8. The third-order valence-corrected chi connectivity index (χ3v) is 2.72. The molecule has 1 aromatic rings. The summed E-state index contributed by atoms with van der Waals surface area (Å²) >= 11 is 0. The summed E-state index contributed by atoms with van der Waals surface area (Å²) in [6.07, 6.45) is 2.38. The minimum absolute atomic E-state index is 0.106. The highest BCUT2D eigenvalue weighted by molar-refractivity contribution is 5.66. The summed E-state index contributed by atoms with van der Waals surface area (Å²) < 4.78 is 1.77. The first-order valence-corrected chi connectivity index (χ1v) is 5.98. The Kier molecular flexibility index (Phi) is 5.62. The van der Waals surface area contributed by atoms with Gasteiger partial charge in [-0.15, -0.1) is 5.10 Å². The fraction of sp³-hybridized carbons (Fsp3) is 0.727. The monoisotopic (exact) mass is 240 g/mol. The molecule has 1 aromatic heterocycles. The third-order valence-electron chi connectivity index (χ3n) is 2.72. The van der Waals surface area contributed by atoms with Crippen LogP contribution in [0, 0.1) is 0 Å². The molecule has 0 bridgehead atoms. The van der Waals surface area contributed by atoms with Gasteiger partial charge < -0.3 is 10.0 Å². The van der Waals surface area contributed by atoms with Gasteiger partial charge in [-0.25, -0.2) is 0 Å². The van der Waals surface area contributed by atoms with Crippen LogP contribution in [0.1, 0.15) is 26.0 Å². The maximum Gasteiger partial charge on any atom is 0.303 e. The van der Waals surface area contributed by atoms with Crippen LogP contribution in [0.3, 0.4) is 0 Å². The Morgan fingerprint density at radius 2 is 2.18 bits per heavy atom. The van der Waals surface area contributed by atoms with E-state index in [9.17, 15) is 4.79 Å². The lowest BCUT2D eigenvalue weighted by molar-refractivity contribution is -0.136. The van der Waals surface area contributed by atoms with Crippen LogP contribution in [-0.4, -0.2) is 50.6 Å². The van der Waals surface area contributed by atoms with Gasteiger partial charge in [-0.1, -0.05) is 19.1 Å². The van der Waals surface area contributed by atoms with Gasteiger partial charge in [0.1, 0.15) is 0 Å². The highest BCUT2D eigenvalue weighted by atomic mass is 16.4. The van der Waals surface area contributed by atoms with E-state index >= 15 is 0 Å². The molecule has 1 rings (SSSR count). The Morgan fingerprint density at radius 1 is 1.47 bits per heavy atom. The molecule has 0 saturated heterocycles. The van der Waals surface area contributed by atoms with Crippen LogP contribution in [0.2, 0.25) is 0 Å². The van der Waals surface area contributed by atoms with Crippen LogP contribution in [0.25, 0.3) is 0 Å². The minimum Gasteiger partial charge on any atom is -0.481 e. The number of likely N-dealkylation sites (N-methyl/N-ethyl adjacent to an activating group) is 1. The van der Waals surface area contributed by atoms with E-state index in [1.54, 1.807) is 4.68 Å². The molecule has 17 heavy (non-hydrogen) atoms. The summed E-state index contributed by atoms with van der Waals surface area (Å²) in [6.45, 7) is 8.04. The van der Waals surface area contributed by atoms with Crippen LogP contribution in [0.5, 0.6) is 0 Å². The van der Waals surface area contributed by atoms with E-state index in [0.717, 1.165) is 31.9 Å². The molecule has 1 N–H and O–H groups in total. The standard InChI is InChI=1S/C11H20N4O2/c1-3-14(4-2)7-8-15-9-10(12-13-15)5-6-11(16)17/h9H,3-8H2,1-2H3,(H,16,17). The first-order chi connectivity index (χ1) is 8.15. The zero-order valence-corrected chi connectivity index (χ0v) is 10.5. The average Bonchev–Trinajstić information content (AvgIpc) is 2.76. The van der Waals surface area contributed by atoms with Crippen molar-refractivity contribution in [2.75, 3.05) is 19.6 Å². The van der Waals surface area contributed by atoms with Crippen LogP contribution in [-0.2, 0) is 17.8 Å².